The fraction of sp³-hybridized carbons (Fsp3) is 0. The third-order valence-corrected chi connectivity index (χ3v) is 5.33. The largest absolute Gasteiger partial charge is 0.279 e. The van der Waals surface area contributed by atoms with Crippen LogP contribution >= 0.6 is 31.9 Å². The summed E-state index contributed by atoms with van der Waals surface area (Å²) in [6.45, 7) is 0. The van der Waals surface area contributed by atoms with Crippen molar-refractivity contribution < 1.29 is 12.8 Å². The molecule has 0 radical (unpaired) electrons. The van der Waals surface area contributed by atoms with Gasteiger partial charge in [-0.3, -0.25) is 4.72 Å². The van der Waals surface area contributed by atoms with Crippen molar-refractivity contribution in [2.75, 3.05) is 4.72 Å². The maximum absolute atomic E-state index is 13.3. The molecular formula is C12H8Br2FNO2S. The summed E-state index contributed by atoms with van der Waals surface area (Å²) in [6, 6.07) is 10.4. The van der Waals surface area contributed by atoms with Crippen LogP contribution in [0, 0.1) is 5.82 Å². The monoisotopic (exact) mass is 407 g/mol. The van der Waals surface area contributed by atoms with Crippen molar-refractivity contribution in [1.82, 2.24) is 0 Å². The summed E-state index contributed by atoms with van der Waals surface area (Å²) in [5, 5.41) is 0. The van der Waals surface area contributed by atoms with E-state index in [-0.39, 0.29) is 15.1 Å². The highest BCUT2D eigenvalue weighted by atomic mass is 79.9. The van der Waals surface area contributed by atoms with Gasteiger partial charge in [0, 0.05) is 4.47 Å². The van der Waals surface area contributed by atoms with E-state index < -0.39 is 15.8 Å². The Bertz CT molecular complexity index is 719. The van der Waals surface area contributed by atoms with E-state index in [1.807, 2.05) is 0 Å². The van der Waals surface area contributed by atoms with E-state index in [1.165, 1.54) is 18.2 Å². The highest BCUT2D eigenvalue weighted by Crippen LogP contribution is 2.25. The lowest BCUT2D eigenvalue weighted by atomic mass is 10.3. The highest BCUT2D eigenvalue weighted by Gasteiger charge is 2.17. The second-order valence-electron chi connectivity index (χ2n) is 3.66. The van der Waals surface area contributed by atoms with Gasteiger partial charge in [0.05, 0.1) is 10.2 Å². The summed E-state index contributed by atoms with van der Waals surface area (Å²) in [6.07, 6.45) is 0. The number of sulfonamides is 1. The van der Waals surface area contributed by atoms with Gasteiger partial charge in [-0.2, -0.15) is 0 Å². The first-order valence-corrected chi connectivity index (χ1v) is 8.19. The van der Waals surface area contributed by atoms with Gasteiger partial charge in [-0.05, 0) is 62.2 Å². The van der Waals surface area contributed by atoms with Crippen LogP contribution in [0.15, 0.2) is 56.3 Å². The first kappa shape index (κ1) is 14.5. The Labute approximate surface area is 127 Å². The van der Waals surface area contributed by atoms with Gasteiger partial charge in [-0.25, -0.2) is 12.8 Å². The van der Waals surface area contributed by atoms with Crippen molar-refractivity contribution in [1.29, 1.82) is 0 Å². The lowest BCUT2D eigenvalue weighted by Gasteiger charge is -2.09. The molecule has 0 heterocycles. The van der Waals surface area contributed by atoms with E-state index in [9.17, 15) is 12.8 Å². The Hall–Kier alpha value is -0.920. The third kappa shape index (κ3) is 3.34. The van der Waals surface area contributed by atoms with Crippen molar-refractivity contribution in [2.45, 2.75) is 4.90 Å². The summed E-state index contributed by atoms with van der Waals surface area (Å²) in [7, 11) is -3.75. The number of halogens is 3. The molecule has 2 aromatic rings. The molecule has 0 saturated heterocycles. The molecule has 0 saturated carbocycles. The number of anilines is 1. The molecule has 0 aromatic heterocycles. The van der Waals surface area contributed by atoms with Crippen LogP contribution in [0.2, 0.25) is 0 Å². The predicted molar refractivity (Wildman–Crippen MR) is 79.1 cm³/mol. The van der Waals surface area contributed by atoms with Gasteiger partial charge >= 0.3 is 0 Å². The van der Waals surface area contributed by atoms with Crippen LogP contribution in [0.3, 0.4) is 0 Å². The van der Waals surface area contributed by atoms with Crippen molar-refractivity contribution in [3.8, 4) is 0 Å². The molecule has 19 heavy (non-hydrogen) atoms. The number of benzene rings is 2. The van der Waals surface area contributed by atoms with Gasteiger partial charge in [0.1, 0.15) is 10.7 Å². The topological polar surface area (TPSA) is 46.2 Å². The number of hydrogen-bond acceptors (Lipinski definition) is 2. The van der Waals surface area contributed by atoms with Gasteiger partial charge in [-0.1, -0.05) is 12.1 Å². The standard InChI is InChI=1S/C12H8Br2FNO2S/c13-9-6-5-8(7-11(9)15)16-19(17,18)12-4-2-1-3-10(12)14/h1-7,16H. The molecule has 0 unspecified atom stereocenters. The molecule has 0 bridgehead atoms. The summed E-state index contributed by atoms with van der Waals surface area (Å²) in [5.74, 6) is -0.535. The maximum atomic E-state index is 13.3. The van der Waals surface area contributed by atoms with Crippen LogP contribution in [0.4, 0.5) is 10.1 Å². The van der Waals surface area contributed by atoms with Gasteiger partial charge in [0.2, 0.25) is 0 Å². The van der Waals surface area contributed by atoms with Crippen LogP contribution in [-0.4, -0.2) is 8.42 Å². The minimum atomic E-state index is -3.75. The van der Waals surface area contributed by atoms with Crippen molar-refractivity contribution >= 4 is 47.6 Å². The molecule has 1 N–H and O–H groups in total. The lowest BCUT2D eigenvalue weighted by molar-refractivity contribution is 0.600. The Balaban J connectivity index is 2.37. The summed E-state index contributed by atoms with van der Waals surface area (Å²) >= 11 is 6.18. The van der Waals surface area contributed by atoms with Crippen molar-refractivity contribution in [3.63, 3.8) is 0 Å². The van der Waals surface area contributed by atoms with Gasteiger partial charge < -0.3 is 0 Å². The minimum absolute atomic E-state index is 0.0957. The van der Waals surface area contributed by atoms with E-state index in [1.54, 1.807) is 18.2 Å². The quantitative estimate of drug-likeness (QED) is 0.828. The molecule has 3 nitrogen and oxygen atoms in total. The normalized spacial score (nSPS) is 11.3. The molecular weight excluding hydrogens is 401 g/mol. The molecule has 0 aliphatic carbocycles. The fourth-order valence-electron chi connectivity index (χ4n) is 1.43. The zero-order valence-electron chi connectivity index (χ0n) is 9.40. The number of hydrogen-bond donors (Lipinski definition) is 1. The first-order chi connectivity index (χ1) is 8.90. The molecule has 0 aliphatic heterocycles. The van der Waals surface area contributed by atoms with E-state index in [0.717, 1.165) is 6.07 Å². The molecule has 0 fully saturated rings. The Morgan fingerprint density at radius 1 is 1.00 bits per heavy atom. The molecule has 0 amide bonds. The van der Waals surface area contributed by atoms with Gasteiger partial charge in [0.25, 0.3) is 10.0 Å². The van der Waals surface area contributed by atoms with Crippen LogP contribution < -0.4 is 4.72 Å². The third-order valence-electron chi connectivity index (χ3n) is 2.30. The van der Waals surface area contributed by atoms with Crippen LogP contribution in [0.5, 0.6) is 0 Å². The summed E-state index contributed by atoms with van der Waals surface area (Å²) in [4.78, 5) is 0.0957. The Kier molecular flexibility index (Phi) is 4.27. The smallest absolute Gasteiger partial charge is 0.263 e. The molecule has 2 aromatic carbocycles. The minimum Gasteiger partial charge on any atom is -0.279 e. The highest BCUT2D eigenvalue weighted by molar-refractivity contribution is 9.10. The Morgan fingerprint density at radius 2 is 1.68 bits per heavy atom. The van der Waals surface area contributed by atoms with E-state index >= 15 is 0 Å². The second kappa shape index (κ2) is 5.60. The second-order valence-corrected chi connectivity index (χ2v) is 7.02. The number of rotatable bonds is 3. The first-order valence-electron chi connectivity index (χ1n) is 5.12. The average molecular weight is 409 g/mol. The van der Waals surface area contributed by atoms with E-state index in [4.69, 9.17) is 0 Å². The van der Waals surface area contributed by atoms with Crippen LogP contribution in [-0.2, 0) is 10.0 Å². The van der Waals surface area contributed by atoms with Gasteiger partial charge in [-0.15, -0.1) is 0 Å². The fourth-order valence-corrected chi connectivity index (χ4v) is 3.73. The zero-order chi connectivity index (χ0) is 14.0. The van der Waals surface area contributed by atoms with E-state index in [2.05, 4.69) is 36.6 Å². The van der Waals surface area contributed by atoms with Crippen molar-refractivity contribution in [3.05, 3.63) is 57.2 Å². The molecule has 7 heteroatoms. The van der Waals surface area contributed by atoms with Crippen LogP contribution in [0.25, 0.3) is 0 Å². The zero-order valence-corrected chi connectivity index (χ0v) is 13.4. The van der Waals surface area contributed by atoms with Crippen molar-refractivity contribution in [2.24, 2.45) is 0 Å². The molecule has 0 spiro atoms. The molecule has 100 valence electrons. The number of nitrogens with one attached hydrogen (secondary N) is 1. The molecule has 0 atom stereocenters. The molecule has 2 rings (SSSR count). The average Bonchev–Trinajstić information content (AvgIpc) is 2.34. The molecule has 0 aliphatic rings. The summed E-state index contributed by atoms with van der Waals surface area (Å²) in [5.41, 5.74) is 0.163. The van der Waals surface area contributed by atoms with E-state index in [0.29, 0.717) is 4.47 Å². The SMILES string of the molecule is O=S(=O)(Nc1ccc(Br)c(F)c1)c1ccccc1Br. The Morgan fingerprint density at radius 3 is 2.32 bits per heavy atom. The lowest BCUT2D eigenvalue weighted by Crippen LogP contribution is -2.13. The predicted octanol–water partition coefficient (Wildman–Crippen LogP) is 4.15. The van der Waals surface area contributed by atoms with Crippen LogP contribution in [0.1, 0.15) is 0 Å². The summed E-state index contributed by atoms with van der Waals surface area (Å²) < 4.78 is 40.7. The maximum Gasteiger partial charge on any atom is 0.263 e. The van der Waals surface area contributed by atoms with Gasteiger partial charge in [0.15, 0.2) is 0 Å².